The smallest absolute Gasteiger partial charge is 0.311 e. The molecule has 0 atom stereocenters. The fourth-order valence-corrected chi connectivity index (χ4v) is 6.13. The summed E-state index contributed by atoms with van der Waals surface area (Å²) in [6.07, 6.45) is 4.18. The first-order valence-electron chi connectivity index (χ1n) is 22.9. The lowest BCUT2D eigenvalue weighted by Crippen LogP contribution is -2.30. The number of ether oxygens (including phenoxy) is 2. The minimum Gasteiger partial charge on any atom is -0.383 e. The number of fused-ring (bicyclic) bond motifs is 1. The van der Waals surface area contributed by atoms with E-state index in [-0.39, 0.29) is 34.7 Å². The number of nitrogens with zero attached hydrogens (tertiary/aromatic N) is 9. The maximum absolute atomic E-state index is 13.4. The van der Waals surface area contributed by atoms with Gasteiger partial charge < -0.3 is 19.4 Å². The lowest BCUT2D eigenvalue weighted by atomic mass is 10.1. The molecule has 0 amide bonds. The van der Waals surface area contributed by atoms with Crippen molar-refractivity contribution in [3.05, 3.63) is 249 Å². The topological polar surface area (TPSA) is 343 Å². The van der Waals surface area contributed by atoms with E-state index in [9.17, 15) is 97.1 Å². The summed E-state index contributed by atoms with van der Waals surface area (Å²) in [5, 5.41) is 73.5. The van der Waals surface area contributed by atoms with E-state index in [1.54, 1.807) is 57.6 Å². The van der Waals surface area contributed by atoms with Crippen molar-refractivity contribution in [2.24, 2.45) is 0 Å². The number of nitro groups is 7. The number of rotatable bonds is 12. The number of hydrogen-bond acceptors (Lipinski definition) is 18. The van der Waals surface area contributed by atoms with Gasteiger partial charge in [0, 0.05) is 57.1 Å². The Morgan fingerprint density at radius 2 is 0.807 bits per heavy atom. The molecule has 0 aliphatic rings. The molecule has 0 radical (unpaired) electrons. The number of aryl methyl sites for hydroxylation is 4. The molecule has 7 rings (SSSR count). The molecule has 0 aliphatic heterocycles. The van der Waals surface area contributed by atoms with Crippen LogP contribution in [0.5, 0.6) is 0 Å². The molecule has 0 bridgehead atoms. The molecule has 26 nitrogen and oxygen atoms in total. The molecule has 1 N–H and O–H groups in total. The van der Waals surface area contributed by atoms with Crippen LogP contribution >= 0.6 is 0 Å². The Morgan fingerprint density at radius 1 is 0.458 bits per heavy atom. The zero-order valence-electron chi connectivity index (χ0n) is 45.4. The van der Waals surface area contributed by atoms with Crippen LogP contribution in [0.15, 0.2) is 116 Å². The molecule has 1 heterocycles. The van der Waals surface area contributed by atoms with Crippen molar-refractivity contribution in [3.8, 4) is 0 Å². The summed E-state index contributed by atoms with van der Waals surface area (Å²) in [5.74, 6) is -4.38. The van der Waals surface area contributed by atoms with Crippen molar-refractivity contribution in [1.82, 2.24) is 14.8 Å². The Kier molecular flexibility index (Phi) is 28.9. The van der Waals surface area contributed by atoms with Crippen molar-refractivity contribution in [2.75, 3.05) is 42.4 Å². The van der Waals surface area contributed by atoms with Gasteiger partial charge in [0.1, 0.15) is 11.6 Å². The van der Waals surface area contributed by atoms with Gasteiger partial charge in [-0.25, -0.2) is 8.78 Å². The molecule has 0 saturated heterocycles. The first kappa shape index (κ1) is 70.7. The highest BCUT2D eigenvalue weighted by Gasteiger charge is 2.25. The Bertz CT molecular complexity index is 3230. The molecular formula is C51H52F6N10O16. The van der Waals surface area contributed by atoms with Gasteiger partial charge in [0.25, 0.3) is 17.1 Å². The van der Waals surface area contributed by atoms with Gasteiger partial charge in [-0.1, -0.05) is 24.3 Å². The van der Waals surface area contributed by atoms with Crippen LogP contribution in [0.3, 0.4) is 0 Å². The van der Waals surface area contributed by atoms with Crippen molar-refractivity contribution >= 4 is 56.8 Å². The molecule has 83 heavy (non-hydrogen) atoms. The highest BCUT2D eigenvalue weighted by Crippen LogP contribution is 2.30. The number of hydrogen-bond donors (Lipinski definition) is 1. The quantitative estimate of drug-likeness (QED) is 0.0514. The predicted octanol–water partition coefficient (Wildman–Crippen LogP) is 12.7. The molecule has 0 spiro atoms. The third kappa shape index (κ3) is 23.9. The fourth-order valence-electron chi connectivity index (χ4n) is 6.13. The minimum absolute atomic E-state index is 0.0307. The van der Waals surface area contributed by atoms with E-state index in [4.69, 9.17) is 9.47 Å². The normalized spacial score (nSPS) is 10.1. The number of H-pyrrole nitrogens is 1. The summed E-state index contributed by atoms with van der Waals surface area (Å²) in [6, 6.07) is 21.2. The number of aromatic amines is 1. The van der Waals surface area contributed by atoms with E-state index in [0.717, 1.165) is 35.4 Å². The van der Waals surface area contributed by atoms with Crippen LogP contribution < -0.4 is 0 Å². The molecule has 444 valence electrons. The second-order valence-corrected chi connectivity index (χ2v) is 16.8. The average Bonchev–Trinajstić information content (AvgIpc) is 4.04. The third-order valence-corrected chi connectivity index (χ3v) is 9.96. The van der Waals surface area contributed by atoms with E-state index in [1.807, 2.05) is 45.0 Å². The molecule has 1 aromatic heterocycles. The first-order chi connectivity index (χ1) is 38.7. The van der Waals surface area contributed by atoms with Crippen molar-refractivity contribution in [1.29, 1.82) is 0 Å². The highest BCUT2D eigenvalue weighted by molar-refractivity contribution is 5.81. The molecule has 0 fully saturated rings. The van der Waals surface area contributed by atoms with Crippen molar-refractivity contribution in [3.63, 3.8) is 0 Å². The van der Waals surface area contributed by atoms with Gasteiger partial charge >= 0.3 is 22.7 Å². The van der Waals surface area contributed by atoms with E-state index in [0.29, 0.717) is 29.1 Å². The van der Waals surface area contributed by atoms with Gasteiger partial charge in [0.05, 0.1) is 63.7 Å². The Hall–Kier alpha value is -10.3. The number of methoxy groups -OCH3 is 2. The van der Waals surface area contributed by atoms with Crippen LogP contribution in [0.2, 0.25) is 0 Å². The number of benzene rings is 6. The Morgan fingerprint density at radius 3 is 1.11 bits per heavy atom. The summed E-state index contributed by atoms with van der Waals surface area (Å²) in [5.41, 5.74) is -2.06. The maximum atomic E-state index is 13.4. The highest BCUT2D eigenvalue weighted by atomic mass is 19.1. The predicted molar refractivity (Wildman–Crippen MR) is 290 cm³/mol. The first-order valence-corrected chi connectivity index (χ1v) is 22.9. The van der Waals surface area contributed by atoms with Crippen LogP contribution in [0.25, 0.3) is 17.0 Å². The Balaban J connectivity index is 0.000000494. The number of aromatic nitrogens is 1. The molecule has 0 aliphatic carbocycles. The van der Waals surface area contributed by atoms with E-state index in [1.165, 1.54) is 56.5 Å². The van der Waals surface area contributed by atoms with Crippen LogP contribution in [0.1, 0.15) is 27.8 Å². The zero-order valence-corrected chi connectivity index (χ0v) is 45.4. The van der Waals surface area contributed by atoms with Crippen molar-refractivity contribution in [2.45, 2.75) is 34.1 Å². The fraction of sp³-hybridized carbons (Fsp3) is 0.216. The summed E-state index contributed by atoms with van der Waals surface area (Å²) >= 11 is 0. The third-order valence-electron chi connectivity index (χ3n) is 9.96. The summed E-state index contributed by atoms with van der Waals surface area (Å²) in [6.45, 7) is 6.35. The zero-order chi connectivity index (χ0) is 63.6. The molecular weight excluding hydrogens is 1120 g/mol. The van der Waals surface area contributed by atoms with E-state index in [2.05, 4.69) is 4.98 Å². The lowest BCUT2D eigenvalue weighted by Gasteiger charge is -2.19. The molecule has 6 aromatic carbocycles. The van der Waals surface area contributed by atoms with Gasteiger partial charge in [-0.3, -0.25) is 75.7 Å². The number of nitrogens with one attached hydrogen (secondary N) is 1. The number of halogens is 6. The second-order valence-electron chi connectivity index (χ2n) is 16.8. The van der Waals surface area contributed by atoms with Crippen LogP contribution in [0, 0.1) is 133 Å². The van der Waals surface area contributed by atoms with Crippen LogP contribution in [-0.2, 0) is 9.47 Å². The van der Waals surface area contributed by atoms with Crippen molar-refractivity contribution < 1.29 is 70.3 Å². The Labute approximate surface area is 466 Å². The monoisotopic (exact) mass is 1170 g/mol. The molecule has 0 unspecified atom stereocenters. The number of nitro benzene ring substituents is 7. The molecule has 7 aromatic rings. The summed E-state index contributed by atoms with van der Waals surface area (Å²) in [7, 11) is 10.4. The maximum Gasteiger partial charge on any atom is 0.311 e. The average molecular weight is 1180 g/mol. The lowest BCUT2D eigenvalue weighted by molar-refractivity contribution is -0.396. The second kappa shape index (κ2) is 33.9. The summed E-state index contributed by atoms with van der Waals surface area (Å²) < 4.78 is 86.2. The van der Waals surface area contributed by atoms with Gasteiger partial charge in [0.2, 0.25) is 29.7 Å². The molecule has 0 saturated carbocycles. The molecule has 32 heteroatoms. The van der Waals surface area contributed by atoms with Crippen LogP contribution in [-0.4, -0.2) is 98.1 Å². The van der Waals surface area contributed by atoms with Crippen LogP contribution in [0.4, 0.5) is 66.2 Å². The minimum atomic E-state index is -1.11. The largest absolute Gasteiger partial charge is 0.383 e. The van der Waals surface area contributed by atoms with Gasteiger partial charge in [0.15, 0.2) is 0 Å². The van der Waals surface area contributed by atoms with E-state index >= 15 is 0 Å². The standard InChI is InChI=1S/C10H10FN3O4.C8H5FN2O2.2C7H5FN2O4.2C7H7F.C5H13NO2/c1-12(2)4-3-7-5-8(11)10(14(17)18)6-9(7)13(15)16;9-6-3-5-1-2-10-7(5)4-8(6)11(12)13;2*1-4-2-5(8)7(10(13)14)3-6(4)9(11)12;2*1-6-3-2-4-7(8)5-6;1-6(2)5(7-3)8-4/h3-6H,1-2H3;1-4,10H;2*2-3H,1H3;2*2-5H,1H3;5H,1-4H3/b4-3+;;;;;;. The van der Waals surface area contributed by atoms with E-state index < -0.39 is 97.5 Å². The van der Waals surface area contributed by atoms with Gasteiger partial charge in [-0.05, 0) is 120 Å². The SMILES string of the molecule is CN(C)/C=C/c1cc(F)c([N+](=O)[O-])cc1[N+](=O)[O-].COC(OC)N(C)C.Cc1cc(F)c([N+](=O)[O-])cc1[N+](=O)[O-].Cc1cc(F)c([N+](=O)[O-])cc1[N+](=O)[O-].Cc1cccc(F)c1.Cc1cccc(F)c1.O=[N+]([O-])c1cc2[nH]ccc2cc1F. The van der Waals surface area contributed by atoms with Gasteiger partial charge in [-0.15, -0.1) is 0 Å². The summed E-state index contributed by atoms with van der Waals surface area (Å²) in [4.78, 5) is 72.9. The van der Waals surface area contributed by atoms with Gasteiger partial charge in [-0.2, -0.15) is 17.6 Å².